The average molecular weight is 345 g/mol. The van der Waals surface area contributed by atoms with Crippen LogP contribution in [0.5, 0.6) is 0 Å². The third-order valence-corrected chi connectivity index (χ3v) is 3.87. The Kier molecular flexibility index (Phi) is 3.78. The number of nitro groups is 1. The number of hydrogen-bond donors (Lipinski definition) is 1. The number of carboxylic acids is 1. The van der Waals surface area contributed by atoms with Gasteiger partial charge in [0, 0.05) is 23.2 Å². The highest BCUT2D eigenvalue weighted by Gasteiger charge is 2.21. The molecule has 0 radical (unpaired) electrons. The van der Waals surface area contributed by atoms with Gasteiger partial charge in [0.25, 0.3) is 11.6 Å². The van der Waals surface area contributed by atoms with Crippen LogP contribution in [-0.2, 0) is 0 Å². The molecule has 0 bridgehead atoms. The lowest BCUT2D eigenvalue weighted by Gasteiger charge is -2.05. The molecule has 7 nitrogen and oxygen atoms in total. The molecule has 3 aromatic rings. The topological polar surface area (TPSA) is 102 Å². The van der Waals surface area contributed by atoms with Crippen molar-refractivity contribution in [3.8, 4) is 0 Å². The number of hydrogen-bond acceptors (Lipinski definition) is 4. The summed E-state index contributed by atoms with van der Waals surface area (Å²) in [6.07, 6.45) is 1.20. The summed E-state index contributed by atoms with van der Waals surface area (Å²) in [5.41, 5.74) is 0.0149. The number of carbonyl (C=O) groups excluding carboxylic acids is 1. The third-order valence-electron chi connectivity index (χ3n) is 3.55. The van der Waals surface area contributed by atoms with Gasteiger partial charge in [-0.3, -0.25) is 19.5 Å². The van der Waals surface area contributed by atoms with Crippen molar-refractivity contribution in [2.24, 2.45) is 0 Å². The summed E-state index contributed by atoms with van der Waals surface area (Å²) < 4.78 is 1.16. The number of carboxylic acid groups (broad SMARTS) is 1. The van der Waals surface area contributed by atoms with E-state index in [0.29, 0.717) is 10.9 Å². The second kappa shape index (κ2) is 5.78. The number of para-hydroxylation sites is 1. The van der Waals surface area contributed by atoms with Gasteiger partial charge in [-0.25, -0.2) is 4.79 Å². The van der Waals surface area contributed by atoms with E-state index >= 15 is 0 Å². The summed E-state index contributed by atoms with van der Waals surface area (Å²) in [6, 6.07) is 10.2. The second-order valence-corrected chi connectivity index (χ2v) is 5.37. The number of benzene rings is 2. The number of fused-ring (bicyclic) bond motifs is 1. The second-order valence-electron chi connectivity index (χ2n) is 4.96. The van der Waals surface area contributed by atoms with Gasteiger partial charge in [-0.1, -0.05) is 29.8 Å². The van der Waals surface area contributed by atoms with Crippen LogP contribution in [0, 0.1) is 10.1 Å². The van der Waals surface area contributed by atoms with Crippen LogP contribution in [0.2, 0.25) is 5.02 Å². The molecule has 0 aliphatic rings. The first-order valence-electron chi connectivity index (χ1n) is 6.72. The number of aromatic nitrogens is 1. The minimum absolute atomic E-state index is 0.0255. The van der Waals surface area contributed by atoms with Crippen molar-refractivity contribution in [3.63, 3.8) is 0 Å². The van der Waals surface area contributed by atoms with Gasteiger partial charge >= 0.3 is 5.97 Å². The Hall–Kier alpha value is -3.19. The number of aromatic carboxylic acids is 1. The molecule has 0 unspecified atom stereocenters. The molecule has 1 aromatic heterocycles. The van der Waals surface area contributed by atoms with Crippen molar-refractivity contribution in [2.45, 2.75) is 0 Å². The standard InChI is InChI=1S/C16H9ClN2O5/c17-12-6-5-9(7-14(12)19(23)24)15(20)18-8-11(16(21)22)10-3-1-2-4-13(10)18/h1-8H,(H,21,22). The maximum Gasteiger partial charge on any atom is 0.337 e. The Bertz CT molecular complexity index is 1010. The lowest BCUT2D eigenvalue weighted by atomic mass is 10.1. The van der Waals surface area contributed by atoms with Crippen LogP contribution in [0.15, 0.2) is 48.7 Å². The van der Waals surface area contributed by atoms with E-state index in [1.54, 1.807) is 24.3 Å². The first kappa shape index (κ1) is 15.7. The maximum atomic E-state index is 12.7. The van der Waals surface area contributed by atoms with Gasteiger partial charge in [-0.15, -0.1) is 0 Å². The van der Waals surface area contributed by atoms with Crippen molar-refractivity contribution in [2.75, 3.05) is 0 Å². The smallest absolute Gasteiger partial charge is 0.337 e. The largest absolute Gasteiger partial charge is 0.478 e. The summed E-state index contributed by atoms with van der Waals surface area (Å²) in [7, 11) is 0. The highest BCUT2D eigenvalue weighted by Crippen LogP contribution is 2.27. The lowest BCUT2D eigenvalue weighted by molar-refractivity contribution is -0.384. The molecule has 0 fully saturated rings. The Balaban J connectivity index is 2.18. The van der Waals surface area contributed by atoms with Crippen LogP contribution in [0.4, 0.5) is 5.69 Å². The summed E-state index contributed by atoms with van der Waals surface area (Å²) in [4.78, 5) is 34.3. The molecule has 0 spiro atoms. The van der Waals surface area contributed by atoms with Gasteiger partial charge in [-0.2, -0.15) is 0 Å². The third kappa shape index (κ3) is 2.50. The number of carbonyl (C=O) groups is 2. The molecule has 1 heterocycles. The Morgan fingerprint density at radius 3 is 2.54 bits per heavy atom. The van der Waals surface area contributed by atoms with Crippen molar-refractivity contribution in [3.05, 3.63) is 74.9 Å². The molecule has 24 heavy (non-hydrogen) atoms. The molecule has 0 saturated heterocycles. The number of rotatable bonds is 3. The van der Waals surface area contributed by atoms with E-state index in [9.17, 15) is 24.8 Å². The number of nitro benzene ring substituents is 1. The normalized spacial score (nSPS) is 10.7. The van der Waals surface area contributed by atoms with E-state index in [4.69, 9.17) is 11.6 Å². The fourth-order valence-electron chi connectivity index (χ4n) is 2.44. The highest BCUT2D eigenvalue weighted by atomic mass is 35.5. The summed E-state index contributed by atoms with van der Waals surface area (Å²) in [6.45, 7) is 0. The summed E-state index contributed by atoms with van der Waals surface area (Å²) >= 11 is 5.75. The van der Waals surface area contributed by atoms with E-state index < -0.39 is 22.5 Å². The zero-order chi connectivity index (χ0) is 17.4. The monoisotopic (exact) mass is 344 g/mol. The maximum absolute atomic E-state index is 12.7. The Labute approximate surface area is 139 Å². The number of halogens is 1. The highest BCUT2D eigenvalue weighted by molar-refractivity contribution is 6.32. The van der Waals surface area contributed by atoms with E-state index in [1.807, 2.05) is 0 Å². The zero-order valence-electron chi connectivity index (χ0n) is 12.0. The van der Waals surface area contributed by atoms with Gasteiger partial charge in [0.1, 0.15) is 5.02 Å². The summed E-state index contributed by atoms with van der Waals surface area (Å²) in [5, 5.41) is 20.6. The zero-order valence-corrected chi connectivity index (χ0v) is 12.7. The van der Waals surface area contributed by atoms with Crippen molar-refractivity contribution in [1.29, 1.82) is 0 Å². The van der Waals surface area contributed by atoms with Crippen LogP contribution in [-0.4, -0.2) is 26.5 Å². The van der Waals surface area contributed by atoms with Crippen LogP contribution < -0.4 is 0 Å². The fraction of sp³-hybridized carbons (Fsp3) is 0. The van der Waals surface area contributed by atoms with E-state index in [0.717, 1.165) is 10.6 Å². The molecule has 0 atom stereocenters. The average Bonchev–Trinajstić information content (AvgIpc) is 2.94. The minimum Gasteiger partial charge on any atom is -0.478 e. The van der Waals surface area contributed by atoms with E-state index in [1.165, 1.54) is 18.3 Å². The van der Waals surface area contributed by atoms with Gasteiger partial charge in [0.2, 0.25) is 0 Å². The molecule has 0 saturated carbocycles. The lowest BCUT2D eigenvalue weighted by Crippen LogP contribution is -2.11. The first-order valence-corrected chi connectivity index (χ1v) is 7.10. The van der Waals surface area contributed by atoms with Gasteiger partial charge in [-0.05, 0) is 18.2 Å². The van der Waals surface area contributed by atoms with Crippen LogP contribution in [0.1, 0.15) is 20.7 Å². The molecule has 0 aliphatic heterocycles. The Morgan fingerprint density at radius 2 is 1.88 bits per heavy atom. The minimum atomic E-state index is -1.17. The van der Waals surface area contributed by atoms with Gasteiger partial charge in [0.05, 0.1) is 16.0 Å². The quantitative estimate of drug-likeness (QED) is 0.577. The van der Waals surface area contributed by atoms with E-state index in [-0.39, 0.29) is 16.1 Å². The van der Waals surface area contributed by atoms with Crippen LogP contribution in [0.25, 0.3) is 10.9 Å². The molecule has 0 amide bonds. The van der Waals surface area contributed by atoms with Crippen LogP contribution in [0.3, 0.4) is 0 Å². The van der Waals surface area contributed by atoms with Crippen molar-refractivity contribution < 1.29 is 19.6 Å². The molecule has 8 heteroatoms. The molecule has 120 valence electrons. The van der Waals surface area contributed by atoms with Crippen LogP contribution >= 0.6 is 11.6 Å². The van der Waals surface area contributed by atoms with Crippen molar-refractivity contribution >= 4 is 40.1 Å². The number of nitrogens with zero attached hydrogens (tertiary/aromatic N) is 2. The van der Waals surface area contributed by atoms with E-state index in [2.05, 4.69) is 0 Å². The molecule has 3 rings (SSSR count). The SMILES string of the molecule is O=C(O)c1cn(C(=O)c2ccc(Cl)c([N+](=O)[O-])c2)c2ccccc12. The van der Waals surface area contributed by atoms with Gasteiger partial charge in [0.15, 0.2) is 0 Å². The van der Waals surface area contributed by atoms with Crippen molar-refractivity contribution in [1.82, 2.24) is 4.57 Å². The molecule has 0 aliphatic carbocycles. The van der Waals surface area contributed by atoms with Gasteiger partial charge < -0.3 is 5.11 Å². The Morgan fingerprint density at radius 1 is 1.17 bits per heavy atom. The molecule has 1 N–H and O–H groups in total. The summed E-state index contributed by atoms with van der Waals surface area (Å²) in [5.74, 6) is -1.75. The predicted octanol–water partition coefficient (Wildman–Crippen LogP) is 3.59. The first-order chi connectivity index (χ1) is 11.4. The molecular weight excluding hydrogens is 336 g/mol. The fourth-order valence-corrected chi connectivity index (χ4v) is 2.63. The molecule has 2 aromatic carbocycles. The predicted molar refractivity (Wildman–Crippen MR) is 86.7 cm³/mol. The molecular formula is C16H9ClN2O5.